The number of hydrogen-bond donors (Lipinski definition) is 0. The van der Waals surface area contributed by atoms with Gasteiger partial charge in [-0.2, -0.15) is 0 Å². The Bertz CT molecular complexity index is 1440. The molecule has 0 amide bonds. The first-order valence-electron chi connectivity index (χ1n) is 9.68. The second-order valence-electron chi connectivity index (χ2n) is 7.12. The van der Waals surface area contributed by atoms with Crippen LogP contribution in [-0.2, 0) is 0 Å². The predicted molar refractivity (Wildman–Crippen MR) is 119 cm³/mol. The van der Waals surface area contributed by atoms with E-state index in [1.165, 1.54) is 0 Å². The van der Waals surface area contributed by atoms with Crippen LogP contribution in [0.25, 0.3) is 55.5 Å². The lowest BCUT2D eigenvalue weighted by molar-refractivity contribution is 1.23. The molecule has 5 nitrogen and oxygen atoms in total. The molecule has 6 aromatic rings. The van der Waals surface area contributed by atoms with E-state index in [1.54, 1.807) is 12.4 Å². The molecular formula is C25H15N5. The quantitative estimate of drug-likeness (QED) is 0.396. The molecule has 6 rings (SSSR count). The fourth-order valence-corrected chi connectivity index (χ4v) is 3.64. The Morgan fingerprint density at radius 1 is 0.500 bits per heavy atom. The van der Waals surface area contributed by atoms with E-state index in [1.807, 2.05) is 60.8 Å². The number of aromatic nitrogens is 5. The minimum atomic E-state index is 0.705. The molecule has 0 unspecified atom stereocenters. The molecule has 0 radical (unpaired) electrons. The van der Waals surface area contributed by atoms with E-state index in [2.05, 4.69) is 38.1 Å². The van der Waals surface area contributed by atoms with Gasteiger partial charge in [0.05, 0.1) is 28.4 Å². The molecule has 0 bridgehead atoms. The molecule has 0 aliphatic heterocycles. The lowest BCUT2D eigenvalue weighted by Gasteiger charge is -2.06. The number of fused-ring (bicyclic) bond motifs is 3. The van der Waals surface area contributed by atoms with E-state index in [-0.39, 0.29) is 0 Å². The fraction of sp³-hybridized carbons (Fsp3) is 0. The topological polar surface area (TPSA) is 64.5 Å². The molecule has 0 spiro atoms. The summed E-state index contributed by atoms with van der Waals surface area (Å²) in [6, 6.07) is 24.2. The van der Waals surface area contributed by atoms with E-state index in [0.29, 0.717) is 5.65 Å². The predicted octanol–water partition coefficient (Wildman–Crippen LogP) is 5.46. The molecule has 30 heavy (non-hydrogen) atoms. The van der Waals surface area contributed by atoms with E-state index in [9.17, 15) is 0 Å². The molecule has 0 atom stereocenters. The van der Waals surface area contributed by atoms with Crippen LogP contribution in [0.3, 0.4) is 0 Å². The monoisotopic (exact) mass is 385 g/mol. The first-order chi connectivity index (χ1) is 14.8. The van der Waals surface area contributed by atoms with Crippen molar-refractivity contribution in [3.63, 3.8) is 0 Å². The summed E-state index contributed by atoms with van der Waals surface area (Å²) in [6.07, 6.45) is 5.41. The number of hydrogen-bond acceptors (Lipinski definition) is 5. The van der Waals surface area contributed by atoms with Crippen LogP contribution in [0.15, 0.2) is 91.4 Å². The van der Waals surface area contributed by atoms with Crippen molar-refractivity contribution in [3.05, 3.63) is 91.4 Å². The van der Waals surface area contributed by atoms with Crippen molar-refractivity contribution in [1.29, 1.82) is 0 Å². The standard InChI is InChI=1S/C25H15N5/c1-2-6-20-18(4-1)12-19(14-27-20)17-8-10-21-23(13-17)28-15-24(29-21)22-9-7-16-5-3-11-26-25(16)30-22/h1-15H. The minimum Gasteiger partial charge on any atom is -0.256 e. The lowest BCUT2D eigenvalue weighted by atomic mass is 10.0. The van der Waals surface area contributed by atoms with Gasteiger partial charge in [-0.15, -0.1) is 0 Å². The fourth-order valence-electron chi connectivity index (χ4n) is 3.64. The van der Waals surface area contributed by atoms with Crippen molar-refractivity contribution < 1.29 is 0 Å². The zero-order valence-electron chi connectivity index (χ0n) is 15.9. The molecule has 5 heteroatoms. The Labute approximate surface area is 172 Å². The summed E-state index contributed by atoms with van der Waals surface area (Å²) in [5, 5.41) is 2.12. The highest BCUT2D eigenvalue weighted by Gasteiger charge is 2.08. The normalized spacial score (nSPS) is 11.3. The van der Waals surface area contributed by atoms with Gasteiger partial charge in [0.15, 0.2) is 5.65 Å². The smallest absolute Gasteiger partial charge is 0.159 e. The highest BCUT2D eigenvalue weighted by Crippen LogP contribution is 2.26. The van der Waals surface area contributed by atoms with Crippen molar-refractivity contribution in [2.24, 2.45) is 0 Å². The number of nitrogens with zero attached hydrogens (tertiary/aromatic N) is 5. The van der Waals surface area contributed by atoms with Crippen LogP contribution >= 0.6 is 0 Å². The van der Waals surface area contributed by atoms with Crippen LogP contribution in [0.5, 0.6) is 0 Å². The van der Waals surface area contributed by atoms with E-state index >= 15 is 0 Å². The van der Waals surface area contributed by atoms with Crippen LogP contribution < -0.4 is 0 Å². The Balaban J connectivity index is 1.41. The molecule has 0 N–H and O–H groups in total. The van der Waals surface area contributed by atoms with Gasteiger partial charge in [-0.05, 0) is 54.1 Å². The molecule has 4 aromatic heterocycles. The van der Waals surface area contributed by atoms with E-state index in [4.69, 9.17) is 4.98 Å². The largest absolute Gasteiger partial charge is 0.256 e. The Kier molecular flexibility index (Phi) is 3.71. The third-order valence-corrected chi connectivity index (χ3v) is 5.19. The lowest BCUT2D eigenvalue weighted by Crippen LogP contribution is -1.93. The van der Waals surface area contributed by atoms with Crippen LogP contribution in [0.2, 0.25) is 0 Å². The molecule has 0 saturated carbocycles. The van der Waals surface area contributed by atoms with Crippen molar-refractivity contribution >= 4 is 33.0 Å². The summed E-state index contributed by atoms with van der Waals surface area (Å²) in [4.78, 5) is 22.9. The van der Waals surface area contributed by atoms with Gasteiger partial charge >= 0.3 is 0 Å². The summed E-state index contributed by atoms with van der Waals surface area (Å²) in [5.41, 5.74) is 6.98. The van der Waals surface area contributed by atoms with Gasteiger partial charge in [0, 0.05) is 28.7 Å². The summed E-state index contributed by atoms with van der Waals surface area (Å²) in [6.45, 7) is 0. The van der Waals surface area contributed by atoms with E-state index < -0.39 is 0 Å². The molecular weight excluding hydrogens is 370 g/mol. The Morgan fingerprint density at radius 3 is 2.40 bits per heavy atom. The maximum absolute atomic E-state index is 4.77. The van der Waals surface area contributed by atoms with Gasteiger partial charge in [0.1, 0.15) is 5.69 Å². The average Bonchev–Trinajstić information content (AvgIpc) is 2.83. The SMILES string of the molecule is c1ccc2ncc(-c3ccc4nc(-c5ccc6cccnc6n5)cnc4c3)cc2c1. The zero-order valence-corrected chi connectivity index (χ0v) is 15.9. The van der Waals surface area contributed by atoms with Crippen LogP contribution in [-0.4, -0.2) is 24.9 Å². The van der Waals surface area contributed by atoms with Gasteiger partial charge in [0.2, 0.25) is 0 Å². The number of para-hydroxylation sites is 1. The summed E-state index contributed by atoms with van der Waals surface area (Å²) >= 11 is 0. The third kappa shape index (κ3) is 2.84. The molecule has 4 heterocycles. The average molecular weight is 385 g/mol. The third-order valence-electron chi connectivity index (χ3n) is 5.19. The number of rotatable bonds is 2. The number of pyridine rings is 3. The molecule has 0 aliphatic rings. The maximum Gasteiger partial charge on any atom is 0.159 e. The Hall–Kier alpha value is -4.25. The van der Waals surface area contributed by atoms with Gasteiger partial charge < -0.3 is 0 Å². The summed E-state index contributed by atoms with van der Waals surface area (Å²) in [7, 11) is 0. The summed E-state index contributed by atoms with van der Waals surface area (Å²) < 4.78 is 0. The molecule has 140 valence electrons. The zero-order chi connectivity index (χ0) is 19.9. The molecule has 0 aliphatic carbocycles. The highest BCUT2D eigenvalue weighted by atomic mass is 14.9. The summed E-state index contributed by atoms with van der Waals surface area (Å²) in [5.74, 6) is 0. The molecule has 0 fully saturated rings. The van der Waals surface area contributed by atoms with Crippen molar-refractivity contribution in [2.75, 3.05) is 0 Å². The van der Waals surface area contributed by atoms with Gasteiger partial charge in [-0.1, -0.05) is 24.3 Å². The van der Waals surface area contributed by atoms with Crippen LogP contribution in [0, 0.1) is 0 Å². The van der Waals surface area contributed by atoms with Gasteiger partial charge in [-0.25, -0.2) is 15.0 Å². The number of benzene rings is 2. The van der Waals surface area contributed by atoms with Gasteiger partial charge in [-0.3, -0.25) is 9.97 Å². The Morgan fingerprint density at radius 2 is 1.40 bits per heavy atom. The minimum absolute atomic E-state index is 0.705. The van der Waals surface area contributed by atoms with Crippen LogP contribution in [0.1, 0.15) is 0 Å². The van der Waals surface area contributed by atoms with Gasteiger partial charge in [0.25, 0.3) is 0 Å². The van der Waals surface area contributed by atoms with E-state index in [0.717, 1.165) is 49.8 Å². The van der Waals surface area contributed by atoms with Crippen molar-refractivity contribution in [2.45, 2.75) is 0 Å². The molecule has 2 aromatic carbocycles. The van der Waals surface area contributed by atoms with Crippen molar-refractivity contribution in [1.82, 2.24) is 24.9 Å². The second kappa shape index (κ2) is 6.67. The first kappa shape index (κ1) is 16.7. The highest BCUT2D eigenvalue weighted by molar-refractivity contribution is 5.87. The first-order valence-corrected chi connectivity index (χ1v) is 9.68. The van der Waals surface area contributed by atoms with Crippen molar-refractivity contribution in [3.8, 4) is 22.5 Å². The second-order valence-corrected chi connectivity index (χ2v) is 7.12. The van der Waals surface area contributed by atoms with Crippen LogP contribution in [0.4, 0.5) is 0 Å². The molecule has 0 saturated heterocycles. The maximum atomic E-state index is 4.77.